The molecule has 3 rings (SSSR count). The Kier molecular flexibility index (Phi) is 2.60. The quantitative estimate of drug-likeness (QED) is 0.781. The number of ether oxygens (including phenoxy) is 1. The van der Waals surface area contributed by atoms with E-state index in [9.17, 15) is 0 Å². The molecule has 2 nitrogen and oxygen atoms in total. The molecule has 0 unspecified atom stereocenters. The minimum atomic E-state index is 0.520. The van der Waals surface area contributed by atoms with Crippen molar-refractivity contribution in [3.8, 4) is 5.75 Å². The molecule has 0 aliphatic carbocycles. The highest BCUT2D eigenvalue weighted by molar-refractivity contribution is 5.47. The van der Waals surface area contributed by atoms with Crippen molar-refractivity contribution in [1.82, 2.24) is 5.32 Å². The third-order valence-corrected chi connectivity index (χ3v) is 3.61. The minimum absolute atomic E-state index is 0.520. The number of benzene rings is 1. The van der Waals surface area contributed by atoms with Crippen molar-refractivity contribution in [1.29, 1.82) is 0 Å². The topological polar surface area (TPSA) is 21.3 Å². The van der Waals surface area contributed by atoms with E-state index in [0.717, 1.165) is 19.6 Å². The first kappa shape index (κ1) is 10.2. The first-order valence-corrected chi connectivity index (χ1v) is 6.34. The van der Waals surface area contributed by atoms with E-state index in [4.69, 9.17) is 4.74 Å². The van der Waals surface area contributed by atoms with Crippen LogP contribution in [0.2, 0.25) is 0 Å². The van der Waals surface area contributed by atoms with E-state index in [0.29, 0.717) is 6.04 Å². The van der Waals surface area contributed by atoms with Crippen LogP contribution in [0.1, 0.15) is 42.0 Å². The lowest BCUT2D eigenvalue weighted by Crippen LogP contribution is -2.17. The van der Waals surface area contributed by atoms with Gasteiger partial charge in [-0.05, 0) is 44.7 Å². The van der Waals surface area contributed by atoms with E-state index >= 15 is 0 Å². The molecule has 2 aliphatic heterocycles. The molecule has 1 fully saturated rings. The zero-order chi connectivity index (χ0) is 11.0. The lowest BCUT2D eigenvalue weighted by atomic mass is 9.95. The average molecular weight is 217 g/mol. The van der Waals surface area contributed by atoms with Crippen LogP contribution in [0.4, 0.5) is 0 Å². The summed E-state index contributed by atoms with van der Waals surface area (Å²) >= 11 is 0. The van der Waals surface area contributed by atoms with Crippen molar-refractivity contribution in [2.45, 2.75) is 38.6 Å². The van der Waals surface area contributed by atoms with E-state index in [1.165, 1.54) is 41.7 Å². The molecule has 2 heteroatoms. The highest BCUT2D eigenvalue weighted by atomic mass is 16.5. The van der Waals surface area contributed by atoms with Crippen molar-refractivity contribution in [2.75, 3.05) is 13.2 Å². The van der Waals surface area contributed by atoms with Gasteiger partial charge in [-0.2, -0.15) is 0 Å². The zero-order valence-corrected chi connectivity index (χ0v) is 9.88. The molecule has 2 aliphatic rings. The minimum Gasteiger partial charge on any atom is -0.493 e. The highest BCUT2D eigenvalue weighted by Crippen LogP contribution is 2.37. The predicted molar refractivity (Wildman–Crippen MR) is 65.0 cm³/mol. The number of aryl methyl sites for hydroxylation is 2. The second kappa shape index (κ2) is 4.10. The molecule has 2 heterocycles. The van der Waals surface area contributed by atoms with Crippen LogP contribution in [0.3, 0.4) is 0 Å². The van der Waals surface area contributed by atoms with Crippen molar-refractivity contribution >= 4 is 0 Å². The zero-order valence-electron chi connectivity index (χ0n) is 9.88. The molecule has 0 amide bonds. The highest BCUT2D eigenvalue weighted by Gasteiger charge is 2.23. The fourth-order valence-corrected chi connectivity index (χ4v) is 2.89. The Morgan fingerprint density at radius 1 is 1.31 bits per heavy atom. The van der Waals surface area contributed by atoms with Crippen molar-refractivity contribution in [3.63, 3.8) is 0 Å². The number of hydrogen-bond donors (Lipinski definition) is 1. The van der Waals surface area contributed by atoms with Gasteiger partial charge in [0.05, 0.1) is 6.61 Å². The van der Waals surface area contributed by atoms with E-state index < -0.39 is 0 Å². The molecule has 1 aromatic rings. The molecule has 0 bridgehead atoms. The van der Waals surface area contributed by atoms with E-state index in [-0.39, 0.29) is 0 Å². The van der Waals surface area contributed by atoms with Crippen molar-refractivity contribution < 1.29 is 4.74 Å². The summed E-state index contributed by atoms with van der Waals surface area (Å²) in [6.45, 7) is 4.22. The molecule has 1 N–H and O–H groups in total. The number of rotatable bonds is 1. The van der Waals surface area contributed by atoms with Crippen LogP contribution in [-0.2, 0) is 6.42 Å². The molecule has 1 saturated heterocycles. The van der Waals surface area contributed by atoms with Crippen LogP contribution in [0.15, 0.2) is 12.1 Å². The van der Waals surface area contributed by atoms with Gasteiger partial charge in [-0.1, -0.05) is 17.7 Å². The molecule has 16 heavy (non-hydrogen) atoms. The van der Waals surface area contributed by atoms with Gasteiger partial charge in [0, 0.05) is 11.6 Å². The molecule has 1 aromatic carbocycles. The van der Waals surface area contributed by atoms with E-state index in [1.54, 1.807) is 0 Å². The molecule has 0 spiro atoms. The molecule has 0 radical (unpaired) electrons. The summed E-state index contributed by atoms with van der Waals surface area (Å²) in [6, 6.07) is 5.10. The molecular formula is C14H19NO. The van der Waals surface area contributed by atoms with Gasteiger partial charge in [0.1, 0.15) is 5.75 Å². The normalized spacial score (nSPS) is 23.9. The van der Waals surface area contributed by atoms with Gasteiger partial charge in [-0.25, -0.2) is 0 Å². The van der Waals surface area contributed by atoms with E-state index in [1.807, 2.05) is 0 Å². The van der Waals surface area contributed by atoms with Crippen LogP contribution in [-0.4, -0.2) is 13.2 Å². The summed E-state index contributed by atoms with van der Waals surface area (Å²) in [5.74, 6) is 1.18. The van der Waals surface area contributed by atoms with Gasteiger partial charge in [-0.3, -0.25) is 0 Å². The summed E-state index contributed by atoms with van der Waals surface area (Å²) in [6.07, 6.45) is 4.87. The van der Waals surface area contributed by atoms with Crippen LogP contribution < -0.4 is 10.1 Å². The van der Waals surface area contributed by atoms with Gasteiger partial charge in [0.25, 0.3) is 0 Å². The maximum atomic E-state index is 5.88. The Morgan fingerprint density at radius 2 is 2.25 bits per heavy atom. The Balaban J connectivity index is 2.04. The fraction of sp³-hybridized carbons (Fsp3) is 0.571. The molecule has 1 atom stereocenters. The van der Waals surface area contributed by atoms with Crippen molar-refractivity contribution in [3.05, 3.63) is 28.8 Å². The first-order valence-electron chi connectivity index (χ1n) is 6.34. The summed E-state index contributed by atoms with van der Waals surface area (Å²) in [7, 11) is 0. The summed E-state index contributed by atoms with van der Waals surface area (Å²) in [4.78, 5) is 0. The smallest absolute Gasteiger partial charge is 0.127 e. The third-order valence-electron chi connectivity index (χ3n) is 3.61. The van der Waals surface area contributed by atoms with Crippen LogP contribution in [0, 0.1) is 6.92 Å². The van der Waals surface area contributed by atoms with Crippen LogP contribution >= 0.6 is 0 Å². The van der Waals surface area contributed by atoms with Gasteiger partial charge >= 0.3 is 0 Å². The standard InChI is InChI=1S/C14H19NO/c1-10-8-11-4-3-7-16-14(11)12(9-10)13-5-2-6-15-13/h8-9,13,15H,2-7H2,1H3/t13-/m1/s1. The lowest BCUT2D eigenvalue weighted by molar-refractivity contribution is 0.282. The fourth-order valence-electron chi connectivity index (χ4n) is 2.89. The first-order chi connectivity index (χ1) is 7.84. The SMILES string of the molecule is Cc1cc2c(c([C@H]3CCCN3)c1)OCCC2. The lowest BCUT2D eigenvalue weighted by Gasteiger charge is -2.24. The third kappa shape index (κ3) is 1.71. The summed E-state index contributed by atoms with van der Waals surface area (Å²) in [5, 5.41) is 3.57. The van der Waals surface area contributed by atoms with Crippen LogP contribution in [0.5, 0.6) is 5.75 Å². The maximum absolute atomic E-state index is 5.88. The molecule has 86 valence electrons. The number of nitrogens with one attached hydrogen (secondary N) is 1. The maximum Gasteiger partial charge on any atom is 0.127 e. The Labute approximate surface area is 97.0 Å². The number of fused-ring (bicyclic) bond motifs is 1. The van der Waals surface area contributed by atoms with Gasteiger partial charge in [0.15, 0.2) is 0 Å². The average Bonchev–Trinajstić information content (AvgIpc) is 2.81. The second-order valence-corrected chi connectivity index (χ2v) is 4.94. The Hall–Kier alpha value is -1.02. The largest absolute Gasteiger partial charge is 0.493 e. The van der Waals surface area contributed by atoms with Gasteiger partial charge in [-0.15, -0.1) is 0 Å². The van der Waals surface area contributed by atoms with Gasteiger partial charge in [0.2, 0.25) is 0 Å². The second-order valence-electron chi connectivity index (χ2n) is 4.94. The molecule has 0 saturated carbocycles. The molecule has 0 aromatic heterocycles. The predicted octanol–water partition coefficient (Wildman–Crippen LogP) is 2.74. The van der Waals surface area contributed by atoms with E-state index in [2.05, 4.69) is 24.4 Å². The Morgan fingerprint density at radius 3 is 3.06 bits per heavy atom. The monoisotopic (exact) mass is 217 g/mol. The van der Waals surface area contributed by atoms with Gasteiger partial charge < -0.3 is 10.1 Å². The van der Waals surface area contributed by atoms with Crippen LogP contribution in [0.25, 0.3) is 0 Å². The summed E-state index contributed by atoms with van der Waals surface area (Å²) in [5.41, 5.74) is 4.18. The summed E-state index contributed by atoms with van der Waals surface area (Å²) < 4.78 is 5.88. The number of hydrogen-bond acceptors (Lipinski definition) is 2. The molecular weight excluding hydrogens is 198 g/mol. The van der Waals surface area contributed by atoms with Crippen molar-refractivity contribution in [2.24, 2.45) is 0 Å². The Bertz CT molecular complexity index is 394.